The van der Waals surface area contributed by atoms with E-state index in [1.54, 1.807) is 0 Å². The summed E-state index contributed by atoms with van der Waals surface area (Å²) in [7, 11) is 2.11. The Morgan fingerprint density at radius 2 is 1.93 bits per heavy atom. The number of hydrogen-bond acceptors (Lipinski definition) is 4. The molecule has 2 aliphatic heterocycles. The van der Waals surface area contributed by atoms with Gasteiger partial charge in [-0.2, -0.15) is 0 Å². The lowest BCUT2D eigenvalue weighted by Gasteiger charge is -2.32. The second-order valence-corrected chi connectivity index (χ2v) is 7.68. The van der Waals surface area contributed by atoms with Crippen molar-refractivity contribution in [3.05, 3.63) is 58.1 Å². The number of aliphatic imine (C=N–C) groups is 1. The largest absolute Gasteiger partial charge is 0.372 e. The molecule has 0 atom stereocenters. The van der Waals surface area contributed by atoms with Gasteiger partial charge in [-0.25, -0.2) is 0 Å². The summed E-state index contributed by atoms with van der Waals surface area (Å²) in [6.45, 7) is 13.6. The molecule has 0 spiro atoms. The number of nitrogens with one attached hydrogen (secondary N) is 1. The van der Waals surface area contributed by atoms with E-state index in [1.165, 1.54) is 11.3 Å². The van der Waals surface area contributed by atoms with Gasteiger partial charge in [0.1, 0.15) is 0 Å². The van der Waals surface area contributed by atoms with Crippen LogP contribution < -0.4 is 5.32 Å². The summed E-state index contributed by atoms with van der Waals surface area (Å²) in [5, 5.41) is 4.22. The molecule has 28 heavy (non-hydrogen) atoms. The monoisotopic (exact) mass is 402 g/mol. The van der Waals surface area contributed by atoms with E-state index < -0.39 is 0 Å². The van der Waals surface area contributed by atoms with Crippen molar-refractivity contribution in [1.29, 1.82) is 0 Å². The number of allylic oxidation sites excluding steroid dienone is 7. The molecule has 1 saturated heterocycles. The van der Waals surface area contributed by atoms with E-state index in [9.17, 15) is 0 Å². The van der Waals surface area contributed by atoms with Gasteiger partial charge in [-0.05, 0) is 44.4 Å². The number of rotatable bonds is 7. The van der Waals surface area contributed by atoms with E-state index in [1.807, 2.05) is 12.3 Å². The molecule has 1 N–H and O–H groups in total. The highest BCUT2D eigenvalue weighted by Gasteiger charge is 2.22. The van der Waals surface area contributed by atoms with Crippen LogP contribution in [0.4, 0.5) is 0 Å². The number of halogens is 1. The van der Waals surface area contributed by atoms with E-state index in [2.05, 4.69) is 68.1 Å². The summed E-state index contributed by atoms with van der Waals surface area (Å²) in [4.78, 5) is 9.62. The third-order valence-electron chi connectivity index (χ3n) is 5.22. The van der Waals surface area contributed by atoms with Crippen LogP contribution in [-0.4, -0.2) is 55.3 Å². The fourth-order valence-electron chi connectivity index (χ4n) is 3.44. The van der Waals surface area contributed by atoms with Crippen molar-refractivity contribution in [2.24, 2.45) is 4.99 Å². The first kappa shape index (κ1) is 22.5. The van der Waals surface area contributed by atoms with Gasteiger partial charge in [0, 0.05) is 68.0 Å². The molecule has 0 unspecified atom stereocenters. The van der Waals surface area contributed by atoms with Gasteiger partial charge in [0.25, 0.3) is 0 Å². The normalized spacial score (nSPS) is 20.4. The lowest BCUT2D eigenvalue weighted by Crippen LogP contribution is -2.43. The smallest absolute Gasteiger partial charge is 0.0765 e. The van der Waals surface area contributed by atoms with E-state index >= 15 is 0 Å². The summed E-state index contributed by atoms with van der Waals surface area (Å²) in [6.07, 6.45) is 12.3. The SMILES string of the molecule is CC/C=C(/C1=CC(Cl)=CCN1C)C(=N/C=C/CC)/C(C)=C(\C)N1CCNCC1. The van der Waals surface area contributed by atoms with Crippen molar-refractivity contribution in [3.63, 3.8) is 0 Å². The van der Waals surface area contributed by atoms with Gasteiger partial charge in [0.05, 0.1) is 5.71 Å². The van der Waals surface area contributed by atoms with Crippen molar-refractivity contribution in [3.8, 4) is 0 Å². The van der Waals surface area contributed by atoms with E-state index in [4.69, 9.17) is 16.6 Å². The van der Waals surface area contributed by atoms with E-state index in [0.717, 1.165) is 67.6 Å². The quantitative estimate of drug-likeness (QED) is 0.618. The minimum absolute atomic E-state index is 0.791. The summed E-state index contributed by atoms with van der Waals surface area (Å²) in [5.74, 6) is 0. The van der Waals surface area contributed by atoms with Crippen LogP contribution in [0.5, 0.6) is 0 Å². The molecule has 0 bridgehead atoms. The number of piperazine rings is 1. The number of hydrogen-bond donors (Lipinski definition) is 1. The molecule has 0 radical (unpaired) electrons. The van der Waals surface area contributed by atoms with Gasteiger partial charge < -0.3 is 15.1 Å². The van der Waals surface area contributed by atoms with Gasteiger partial charge in [-0.1, -0.05) is 37.6 Å². The van der Waals surface area contributed by atoms with Crippen LogP contribution in [0.3, 0.4) is 0 Å². The molecule has 5 heteroatoms. The Balaban J connectivity index is 2.53. The zero-order chi connectivity index (χ0) is 20.5. The Morgan fingerprint density at radius 3 is 2.57 bits per heavy atom. The first-order valence-electron chi connectivity index (χ1n) is 10.3. The summed E-state index contributed by atoms with van der Waals surface area (Å²) < 4.78 is 0. The maximum Gasteiger partial charge on any atom is 0.0765 e. The maximum absolute atomic E-state index is 6.37. The molecule has 0 aromatic carbocycles. The molecule has 0 aromatic rings. The molecule has 0 saturated carbocycles. The molecular weight excluding hydrogens is 368 g/mol. The van der Waals surface area contributed by atoms with Gasteiger partial charge in [0.2, 0.25) is 0 Å². The topological polar surface area (TPSA) is 30.9 Å². The Kier molecular flexibility index (Phi) is 9.07. The minimum atomic E-state index is 0.791. The first-order valence-corrected chi connectivity index (χ1v) is 10.7. The zero-order valence-electron chi connectivity index (χ0n) is 18.1. The van der Waals surface area contributed by atoms with E-state index in [-0.39, 0.29) is 0 Å². The molecule has 154 valence electrons. The molecule has 2 aliphatic rings. The Morgan fingerprint density at radius 1 is 1.21 bits per heavy atom. The summed E-state index contributed by atoms with van der Waals surface area (Å²) in [6, 6.07) is 0. The van der Waals surface area contributed by atoms with Gasteiger partial charge >= 0.3 is 0 Å². The van der Waals surface area contributed by atoms with Crippen LogP contribution in [0.1, 0.15) is 40.5 Å². The maximum atomic E-state index is 6.37. The van der Waals surface area contributed by atoms with Crippen LogP contribution in [0.15, 0.2) is 63.1 Å². The summed E-state index contributed by atoms with van der Waals surface area (Å²) in [5.41, 5.74) is 5.84. The Labute approximate surface area is 176 Å². The van der Waals surface area contributed by atoms with E-state index in [0.29, 0.717) is 0 Å². The molecule has 1 fully saturated rings. The molecule has 2 heterocycles. The standard InChI is InChI=1S/C23H35ClN4/c1-6-8-11-26-23(18(3)19(4)28-15-12-25-13-16-28)21(9-7-2)22-17-20(24)10-14-27(22)5/h8-11,17,25H,6-7,12-16H2,1-5H3/b11-8+,19-18+,21-9-,26-23+. The predicted octanol–water partition coefficient (Wildman–Crippen LogP) is 4.84. The fraction of sp³-hybridized carbons (Fsp3) is 0.522. The molecular formula is C23H35ClN4. The van der Waals surface area contributed by atoms with Crippen LogP contribution in [0, 0.1) is 0 Å². The average Bonchev–Trinajstić information content (AvgIpc) is 2.71. The van der Waals surface area contributed by atoms with Crippen LogP contribution in [-0.2, 0) is 0 Å². The first-order chi connectivity index (χ1) is 13.5. The van der Waals surface area contributed by atoms with Crippen molar-refractivity contribution in [1.82, 2.24) is 15.1 Å². The highest BCUT2D eigenvalue weighted by atomic mass is 35.5. The lowest BCUT2D eigenvalue weighted by molar-refractivity contribution is 0.298. The predicted molar refractivity (Wildman–Crippen MR) is 123 cm³/mol. The molecule has 0 amide bonds. The molecule has 0 aromatic heterocycles. The Hall–Kier alpha value is -1.78. The highest BCUT2D eigenvalue weighted by molar-refractivity contribution is 6.31. The third kappa shape index (κ3) is 5.86. The van der Waals surface area contributed by atoms with Crippen LogP contribution in [0.2, 0.25) is 0 Å². The van der Waals surface area contributed by atoms with Gasteiger partial charge in [-0.15, -0.1) is 0 Å². The summed E-state index contributed by atoms with van der Waals surface area (Å²) >= 11 is 6.37. The van der Waals surface area contributed by atoms with Crippen LogP contribution >= 0.6 is 11.6 Å². The third-order valence-corrected chi connectivity index (χ3v) is 5.48. The zero-order valence-corrected chi connectivity index (χ0v) is 18.8. The lowest BCUT2D eigenvalue weighted by atomic mass is 9.95. The van der Waals surface area contributed by atoms with Gasteiger partial charge in [-0.3, -0.25) is 4.99 Å². The number of nitrogens with zero attached hydrogens (tertiary/aromatic N) is 3. The van der Waals surface area contributed by atoms with Crippen molar-refractivity contribution in [2.75, 3.05) is 39.8 Å². The van der Waals surface area contributed by atoms with Gasteiger partial charge in [0.15, 0.2) is 0 Å². The molecule has 4 nitrogen and oxygen atoms in total. The van der Waals surface area contributed by atoms with Crippen LogP contribution in [0.25, 0.3) is 0 Å². The molecule has 0 aliphatic carbocycles. The molecule has 2 rings (SSSR count). The van der Waals surface area contributed by atoms with Crippen molar-refractivity contribution < 1.29 is 0 Å². The minimum Gasteiger partial charge on any atom is -0.372 e. The fourth-order valence-corrected chi connectivity index (χ4v) is 3.61. The highest BCUT2D eigenvalue weighted by Crippen LogP contribution is 2.28. The van der Waals surface area contributed by atoms with Crippen molar-refractivity contribution >= 4 is 17.3 Å². The second-order valence-electron chi connectivity index (χ2n) is 7.24. The van der Waals surface area contributed by atoms with Crippen molar-refractivity contribution in [2.45, 2.75) is 40.5 Å². The second kappa shape index (κ2) is 11.3. The Bertz CT molecular complexity index is 719. The average molecular weight is 403 g/mol. The number of likely N-dealkylation sites (N-methyl/N-ethyl adjacent to an activating group) is 1.